The molecule has 3 aromatic rings. The topological polar surface area (TPSA) is 124 Å². The van der Waals surface area contributed by atoms with Crippen LogP contribution < -0.4 is 14.4 Å². The van der Waals surface area contributed by atoms with E-state index in [0.29, 0.717) is 22.8 Å². The molecule has 4 rings (SSSR count). The van der Waals surface area contributed by atoms with E-state index in [2.05, 4.69) is 0 Å². The third kappa shape index (κ3) is 9.58. The number of aryl methyl sites for hydroxylation is 2. The molecule has 51 heavy (non-hydrogen) atoms. The summed E-state index contributed by atoms with van der Waals surface area (Å²) in [5, 5.41) is -1.06. The van der Waals surface area contributed by atoms with Gasteiger partial charge in [0.25, 0.3) is 26.1 Å². The quantitative estimate of drug-likeness (QED) is 0.0784. The molecule has 0 saturated carbocycles. The molecule has 2 N–H and O–H groups in total. The molecule has 0 radical (unpaired) electrons. The van der Waals surface area contributed by atoms with Gasteiger partial charge < -0.3 is 9.80 Å². The number of fused-ring (bicyclic) bond motifs is 2. The molecule has 0 aliphatic carbocycles. The molecule has 0 fully saturated rings. The van der Waals surface area contributed by atoms with E-state index in [-0.39, 0.29) is 50.2 Å². The fourth-order valence-corrected chi connectivity index (χ4v) is 7.36. The summed E-state index contributed by atoms with van der Waals surface area (Å²) in [6.07, 6.45) is -2.04. The first-order valence-electron chi connectivity index (χ1n) is 15.3. The standard InChI is InChI=1S/C31H32Cl2F6N4O6S2/c1-3-40-26-18-22(32)20(30(34,35)36)16-24(26)42(12-8-14-50(44,45)46)28(40)10-6-5-7-11-29-41(4-2)27-19-23(33)21(31(37,38)39)17-25(27)43(29)13-9-15-51(47,48)49/h5-7,10-11,16-19H,3-4,8-9,12-15H2,1-2H3,(H-,44,45,46,47,48,49)/p+1. The molecule has 0 amide bonds. The number of benzene rings is 2. The number of allylic oxidation sites excluding steroid dienone is 4. The van der Waals surface area contributed by atoms with Crippen LogP contribution in [0.4, 0.5) is 37.7 Å². The highest BCUT2D eigenvalue weighted by molar-refractivity contribution is 7.86. The second-order valence-electron chi connectivity index (χ2n) is 11.3. The van der Waals surface area contributed by atoms with Crippen molar-refractivity contribution in [2.24, 2.45) is 0 Å². The zero-order valence-corrected chi connectivity index (χ0v) is 30.2. The lowest BCUT2D eigenvalue weighted by atomic mass is 10.1. The van der Waals surface area contributed by atoms with Crippen molar-refractivity contribution in [3.05, 3.63) is 81.4 Å². The van der Waals surface area contributed by atoms with Crippen molar-refractivity contribution < 1.29 is 56.9 Å². The van der Waals surface area contributed by atoms with Gasteiger partial charge in [0.1, 0.15) is 5.82 Å². The normalized spacial score (nSPS) is 15.4. The molecule has 0 saturated heterocycles. The maximum absolute atomic E-state index is 13.8. The highest BCUT2D eigenvalue weighted by Gasteiger charge is 2.39. The summed E-state index contributed by atoms with van der Waals surface area (Å²) in [5.74, 6) is -0.524. The Morgan fingerprint density at radius 3 is 1.90 bits per heavy atom. The molecule has 1 aliphatic heterocycles. The van der Waals surface area contributed by atoms with Crippen molar-refractivity contribution in [2.45, 2.75) is 52.1 Å². The van der Waals surface area contributed by atoms with Crippen LogP contribution in [0.5, 0.6) is 0 Å². The van der Waals surface area contributed by atoms with Crippen molar-refractivity contribution in [2.75, 3.05) is 34.4 Å². The number of hydrogen-bond acceptors (Lipinski definition) is 6. The Hall–Kier alpha value is -3.29. The van der Waals surface area contributed by atoms with Crippen molar-refractivity contribution >= 4 is 71.9 Å². The van der Waals surface area contributed by atoms with Gasteiger partial charge in [0.05, 0.1) is 57.1 Å². The zero-order valence-electron chi connectivity index (χ0n) is 27.0. The van der Waals surface area contributed by atoms with Crippen LogP contribution in [-0.4, -0.2) is 55.1 Å². The van der Waals surface area contributed by atoms with Gasteiger partial charge in [-0.05, 0) is 38.5 Å². The van der Waals surface area contributed by atoms with E-state index in [9.17, 15) is 52.3 Å². The fraction of sp³-hybridized carbons (Fsp3) is 0.387. The van der Waals surface area contributed by atoms with Gasteiger partial charge in [-0.25, -0.2) is 9.13 Å². The molecule has 2 aromatic carbocycles. The van der Waals surface area contributed by atoms with Crippen LogP contribution in [0, 0.1) is 0 Å². The van der Waals surface area contributed by atoms with Gasteiger partial charge in [0.15, 0.2) is 11.0 Å². The average Bonchev–Trinajstić information content (AvgIpc) is 3.43. The first-order chi connectivity index (χ1) is 23.6. The van der Waals surface area contributed by atoms with Gasteiger partial charge in [0, 0.05) is 37.7 Å². The number of alkyl halides is 6. The van der Waals surface area contributed by atoms with E-state index in [0.717, 1.165) is 12.1 Å². The molecule has 0 unspecified atom stereocenters. The SMILES string of the molecule is CCN1\C(=C/C=C/C=C/c2n(CC)c3cc(Cl)c(C(F)(F)F)cc3[n+]2CCCS(=O)(=O)O)N(CCCS(=O)(=O)O)c2cc(C(F)(F)F)c(Cl)cc21. The largest absolute Gasteiger partial charge is 0.418 e. The van der Waals surface area contributed by atoms with E-state index in [1.807, 2.05) is 0 Å². The van der Waals surface area contributed by atoms with Gasteiger partial charge in [-0.15, -0.1) is 0 Å². The molecule has 280 valence electrons. The Morgan fingerprint density at radius 1 is 0.765 bits per heavy atom. The van der Waals surface area contributed by atoms with E-state index in [1.54, 1.807) is 53.7 Å². The van der Waals surface area contributed by atoms with Crippen LogP contribution in [0.2, 0.25) is 10.0 Å². The van der Waals surface area contributed by atoms with Crippen LogP contribution in [0.15, 0.2) is 54.4 Å². The lowest BCUT2D eigenvalue weighted by Gasteiger charge is -2.24. The van der Waals surface area contributed by atoms with Gasteiger partial charge in [-0.2, -0.15) is 43.2 Å². The Kier molecular flexibility index (Phi) is 12.2. The minimum atomic E-state index is -4.77. The number of nitrogens with zero attached hydrogens (tertiary/aromatic N) is 4. The van der Waals surface area contributed by atoms with Crippen molar-refractivity contribution in [3.8, 4) is 0 Å². The van der Waals surface area contributed by atoms with Crippen molar-refractivity contribution in [1.29, 1.82) is 0 Å². The third-order valence-corrected chi connectivity index (χ3v) is 10.2. The lowest BCUT2D eigenvalue weighted by molar-refractivity contribution is -0.673. The van der Waals surface area contributed by atoms with Gasteiger partial charge >= 0.3 is 12.4 Å². The third-order valence-electron chi connectivity index (χ3n) is 7.92. The summed E-state index contributed by atoms with van der Waals surface area (Å²) in [6.45, 7) is 3.88. The molecule has 0 atom stereocenters. The molecule has 0 spiro atoms. The maximum atomic E-state index is 13.8. The molecule has 20 heteroatoms. The first kappa shape index (κ1) is 40.5. The molecular formula is C31H33Cl2F6N4O6S2+. The van der Waals surface area contributed by atoms with Crippen LogP contribution in [0.3, 0.4) is 0 Å². The van der Waals surface area contributed by atoms with Crippen LogP contribution in [0.25, 0.3) is 17.1 Å². The van der Waals surface area contributed by atoms with E-state index >= 15 is 0 Å². The zero-order chi connectivity index (χ0) is 38.1. The summed E-state index contributed by atoms with van der Waals surface area (Å²) in [5.41, 5.74) is -1.25. The monoisotopic (exact) mass is 805 g/mol. The average molecular weight is 807 g/mol. The lowest BCUT2D eigenvalue weighted by Crippen LogP contribution is -2.37. The Labute approximate surface area is 300 Å². The number of aromatic nitrogens is 2. The van der Waals surface area contributed by atoms with E-state index in [1.165, 1.54) is 21.6 Å². The van der Waals surface area contributed by atoms with Crippen LogP contribution in [-0.2, 0) is 45.7 Å². The fourth-order valence-electron chi connectivity index (χ4n) is 5.84. The van der Waals surface area contributed by atoms with Gasteiger partial charge in [0.2, 0.25) is 0 Å². The number of halogens is 8. The minimum Gasteiger partial charge on any atom is -0.326 e. The highest BCUT2D eigenvalue weighted by atomic mass is 35.5. The smallest absolute Gasteiger partial charge is 0.326 e. The summed E-state index contributed by atoms with van der Waals surface area (Å²) in [7, 11) is -8.71. The van der Waals surface area contributed by atoms with Gasteiger partial charge in [-0.3, -0.25) is 9.11 Å². The number of hydrogen-bond donors (Lipinski definition) is 2. The maximum Gasteiger partial charge on any atom is 0.418 e. The summed E-state index contributed by atoms with van der Waals surface area (Å²) in [4.78, 5) is 3.15. The summed E-state index contributed by atoms with van der Waals surface area (Å²) < 4.78 is 150. The minimum absolute atomic E-state index is 0.0830. The number of anilines is 2. The van der Waals surface area contributed by atoms with Crippen molar-refractivity contribution in [1.82, 2.24) is 4.57 Å². The Bertz CT molecular complexity index is 2110. The molecule has 10 nitrogen and oxygen atoms in total. The molecule has 0 bridgehead atoms. The summed E-state index contributed by atoms with van der Waals surface area (Å²) in [6, 6.07) is 4.09. The van der Waals surface area contributed by atoms with E-state index < -0.39 is 65.3 Å². The molecule has 2 heterocycles. The predicted octanol–water partition coefficient (Wildman–Crippen LogP) is 7.61. The molecule has 1 aliphatic rings. The molecular weight excluding hydrogens is 773 g/mol. The first-order valence-corrected chi connectivity index (χ1v) is 19.3. The number of imidazole rings is 1. The predicted molar refractivity (Wildman–Crippen MR) is 183 cm³/mol. The Morgan fingerprint density at radius 2 is 1.33 bits per heavy atom. The number of rotatable bonds is 13. The summed E-state index contributed by atoms with van der Waals surface area (Å²) >= 11 is 12.0. The highest BCUT2D eigenvalue weighted by Crippen LogP contribution is 2.47. The Balaban J connectivity index is 1.77. The van der Waals surface area contributed by atoms with Crippen LogP contribution >= 0.6 is 23.2 Å². The molecule has 1 aromatic heterocycles. The second-order valence-corrected chi connectivity index (χ2v) is 15.3. The van der Waals surface area contributed by atoms with Gasteiger partial charge in [-0.1, -0.05) is 41.4 Å². The second kappa shape index (κ2) is 15.4. The van der Waals surface area contributed by atoms with E-state index in [4.69, 9.17) is 23.2 Å². The van der Waals surface area contributed by atoms with Crippen LogP contribution in [0.1, 0.15) is 43.6 Å². The van der Waals surface area contributed by atoms with Crippen molar-refractivity contribution in [3.63, 3.8) is 0 Å².